The van der Waals surface area contributed by atoms with Crippen LogP contribution >= 0.6 is 11.8 Å². The van der Waals surface area contributed by atoms with Crippen molar-refractivity contribution < 1.29 is 4.79 Å². The van der Waals surface area contributed by atoms with Crippen molar-refractivity contribution in [2.75, 3.05) is 5.75 Å². The SMILES string of the molecule is Cc1ccc(-c2c(/C=N/N=C3/NC(=O)CS3)c3ccccc3n2C)cc1. The number of hydrogen-bond acceptors (Lipinski definition) is 4. The van der Waals surface area contributed by atoms with Gasteiger partial charge in [-0.2, -0.15) is 5.10 Å². The molecule has 4 rings (SSSR count). The number of carbonyl (C=O) groups is 1. The first-order valence-corrected chi connectivity index (χ1v) is 9.30. The molecule has 0 saturated carbocycles. The molecule has 0 bridgehead atoms. The van der Waals surface area contributed by atoms with Crippen LogP contribution in [-0.4, -0.2) is 27.6 Å². The summed E-state index contributed by atoms with van der Waals surface area (Å²) in [7, 11) is 2.06. The molecule has 2 heterocycles. The monoisotopic (exact) mass is 362 g/mol. The third-order valence-electron chi connectivity index (χ3n) is 4.39. The van der Waals surface area contributed by atoms with Crippen molar-refractivity contribution in [3.63, 3.8) is 0 Å². The first-order chi connectivity index (χ1) is 12.6. The topological polar surface area (TPSA) is 58.8 Å². The standard InChI is InChI=1S/C20H18N4OS/c1-13-7-9-14(10-8-13)19-16(11-21-23-20-22-18(25)12-26-20)15-5-3-4-6-17(15)24(19)2/h3-11H,12H2,1-2H3,(H,22,23,25)/b21-11+. The van der Waals surface area contributed by atoms with E-state index in [1.807, 2.05) is 12.1 Å². The number of hydrogen-bond donors (Lipinski definition) is 1. The number of benzene rings is 2. The first kappa shape index (κ1) is 16.6. The molecular formula is C20H18N4OS. The van der Waals surface area contributed by atoms with Crippen molar-refractivity contribution in [1.29, 1.82) is 0 Å². The summed E-state index contributed by atoms with van der Waals surface area (Å²) >= 11 is 1.37. The lowest BCUT2D eigenvalue weighted by atomic mass is 10.0. The van der Waals surface area contributed by atoms with Gasteiger partial charge in [0, 0.05) is 23.5 Å². The second-order valence-corrected chi connectivity index (χ2v) is 7.16. The molecule has 26 heavy (non-hydrogen) atoms. The molecule has 0 unspecified atom stereocenters. The maximum atomic E-state index is 11.3. The molecule has 1 aromatic heterocycles. The molecule has 0 aliphatic carbocycles. The van der Waals surface area contributed by atoms with Crippen molar-refractivity contribution in [3.05, 3.63) is 59.7 Å². The van der Waals surface area contributed by atoms with E-state index in [1.54, 1.807) is 6.21 Å². The number of fused-ring (bicyclic) bond motifs is 1. The largest absolute Gasteiger partial charge is 0.343 e. The molecule has 1 saturated heterocycles. The Balaban J connectivity index is 1.83. The highest BCUT2D eigenvalue weighted by molar-refractivity contribution is 8.15. The van der Waals surface area contributed by atoms with Gasteiger partial charge in [0.25, 0.3) is 0 Å². The number of amides is 1. The summed E-state index contributed by atoms with van der Waals surface area (Å²) in [5.74, 6) is 0.367. The third kappa shape index (κ3) is 3.04. The van der Waals surface area contributed by atoms with Gasteiger partial charge in [-0.15, -0.1) is 5.10 Å². The van der Waals surface area contributed by atoms with E-state index in [0.717, 1.165) is 27.7 Å². The highest BCUT2D eigenvalue weighted by atomic mass is 32.2. The molecule has 1 fully saturated rings. The maximum absolute atomic E-state index is 11.3. The summed E-state index contributed by atoms with van der Waals surface area (Å²) in [4.78, 5) is 11.3. The van der Waals surface area contributed by atoms with E-state index < -0.39 is 0 Å². The quantitative estimate of drug-likeness (QED) is 0.570. The number of carbonyl (C=O) groups excluding carboxylic acids is 1. The van der Waals surface area contributed by atoms with Crippen LogP contribution < -0.4 is 5.32 Å². The molecular weight excluding hydrogens is 344 g/mol. The van der Waals surface area contributed by atoms with Gasteiger partial charge < -0.3 is 9.88 Å². The summed E-state index contributed by atoms with van der Waals surface area (Å²) in [5.41, 5.74) is 5.61. The number of nitrogens with zero attached hydrogens (tertiary/aromatic N) is 3. The molecule has 5 nitrogen and oxygen atoms in total. The van der Waals surface area contributed by atoms with E-state index in [0.29, 0.717) is 10.9 Å². The van der Waals surface area contributed by atoms with Crippen LogP contribution in [0.5, 0.6) is 0 Å². The molecule has 1 aliphatic heterocycles. The Morgan fingerprint density at radius 3 is 2.65 bits per heavy atom. The van der Waals surface area contributed by atoms with Gasteiger partial charge in [0.15, 0.2) is 5.17 Å². The minimum atomic E-state index is -0.0329. The number of nitrogens with one attached hydrogen (secondary N) is 1. The van der Waals surface area contributed by atoms with Crippen molar-refractivity contribution >= 4 is 40.0 Å². The van der Waals surface area contributed by atoms with Gasteiger partial charge in [-0.05, 0) is 18.6 Å². The molecule has 1 amide bonds. The summed E-state index contributed by atoms with van der Waals surface area (Å²) in [5, 5.41) is 12.7. The minimum Gasteiger partial charge on any atom is -0.343 e. The molecule has 2 aromatic carbocycles. The van der Waals surface area contributed by atoms with Gasteiger partial charge in [-0.25, -0.2) is 0 Å². The Hall–Kier alpha value is -2.86. The second-order valence-electron chi connectivity index (χ2n) is 6.19. The zero-order valence-corrected chi connectivity index (χ0v) is 15.4. The van der Waals surface area contributed by atoms with Crippen LogP contribution in [-0.2, 0) is 11.8 Å². The van der Waals surface area contributed by atoms with E-state index in [4.69, 9.17) is 0 Å². The predicted molar refractivity (Wildman–Crippen MR) is 109 cm³/mol. The Labute approximate surface area is 155 Å². The summed E-state index contributed by atoms with van der Waals surface area (Å²) < 4.78 is 2.18. The molecule has 6 heteroatoms. The van der Waals surface area contributed by atoms with Gasteiger partial charge in [0.2, 0.25) is 5.91 Å². The van der Waals surface area contributed by atoms with E-state index in [2.05, 4.69) is 70.5 Å². The zero-order valence-electron chi connectivity index (χ0n) is 14.6. The highest BCUT2D eigenvalue weighted by Gasteiger charge is 2.17. The smallest absolute Gasteiger partial charge is 0.236 e. The lowest BCUT2D eigenvalue weighted by molar-refractivity contribution is -0.116. The second kappa shape index (κ2) is 6.80. The van der Waals surface area contributed by atoms with Crippen LogP contribution in [0, 0.1) is 6.92 Å². The van der Waals surface area contributed by atoms with E-state index in [1.165, 1.54) is 17.3 Å². The lowest BCUT2D eigenvalue weighted by Crippen LogP contribution is -2.19. The van der Waals surface area contributed by atoms with Crippen molar-refractivity contribution in [2.24, 2.45) is 17.3 Å². The Morgan fingerprint density at radius 2 is 1.92 bits per heavy atom. The van der Waals surface area contributed by atoms with Gasteiger partial charge in [-0.1, -0.05) is 59.8 Å². The minimum absolute atomic E-state index is 0.0329. The van der Waals surface area contributed by atoms with Crippen molar-refractivity contribution in [1.82, 2.24) is 9.88 Å². The summed E-state index contributed by atoms with van der Waals surface area (Å²) in [6.45, 7) is 2.08. The third-order valence-corrected chi connectivity index (χ3v) is 5.26. The van der Waals surface area contributed by atoms with Crippen LogP contribution in [0.3, 0.4) is 0 Å². The predicted octanol–water partition coefficient (Wildman–Crippen LogP) is 3.71. The van der Waals surface area contributed by atoms with Gasteiger partial charge in [-0.3, -0.25) is 4.79 Å². The molecule has 1 aliphatic rings. The van der Waals surface area contributed by atoms with Crippen LogP contribution in [0.4, 0.5) is 0 Å². The normalized spacial score (nSPS) is 16.1. The van der Waals surface area contributed by atoms with Crippen molar-refractivity contribution in [2.45, 2.75) is 6.92 Å². The maximum Gasteiger partial charge on any atom is 0.236 e. The van der Waals surface area contributed by atoms with Crippen LogP contribution in [0.1, 0.15) is 11.1 Å². The lowest BCUT2D eigenvalue weighted by Gasteiger charge is -2.06. The van der Waals surface area contributed by atoms with E-state index in [-0.39, 0.29) is 5.91 Å². The molecule has 1 N–H and O–H groups in total. The van der Waals surface area contributed by atoms with Crippen LogP contribution in [0.15, 0.2) is 58.7 Å². The van der Waals surface area contributed by atoms with Crippen LogP contribution in [0.2, 0.25) is 0 Å². The van der Waals surface area contributed by atoms with Gasteiger partial charge in [0.05, 0.1) is 17.7 Å². The molecule has 0 atom stereocenters. The number of rotatable bonds is 3. The molecule has 3 aromatic rings. The number of para-hydroxylation sites is 1. The Kier molecular flexibility index (Phi) is 4.34. The fourth-order valence-electron chi connectivity index (χ4n) is 3.13. The van der Waals surface area contributed by atoms with Gasteiger partial charge in [0.1, 0.15) is 0 Å². The van der Waals surface area contributed by atoms with Crippen LogP contribution in [0.25, 0.3) is 22.2 Å². The zero-order chi connectivity index (χ0) is 18.1. The first-order valence-electron chi connectivity index (χ1n) is 8.31. The number of thioether (sulfide) groups is 1. The fraction of sp³-hybridized carbons (Fsp3) is 0.150. The van der Waals surface area contributed by atoms with Crippen molar-refractivity contribution in [3.8, 4) is 11.3 Å². The molecule has 0 spiro atoms. The Bertz CT molecular complexity index is 1050. The average molecular weight is 362 g/mol. The number of aromatic nitrogens is 1. The summed E-state index contributed by atoms with van der Waals surface area (Å²) in [6, 6.07) is 16.7. The molecule has 0 radical (unpaired) electrons. The molecule has 130 valence electrons. The number of aryl methyl sites for hydroxylation is 2. The van der Waals surface area contributed by atoms with E-state index in [9.17, 15) is 4.79 Å². The fourth-order valence-corrected chi connectivity index (χ4v) is 3.76. The summed E-state index contributed by atoms with van der Waals surface area (Å²) in [6.07, 6.45) is 1.77. The van der Waals surface area contributed by atoms with E-state index >= 15 is 0 Å². The average Bonchev–Trinajstić information content (AvgIpc) is 3.18. The number of amidine groups is 1. The highest BCUT2D eigenvalue weighted by Crippen LogP contribution is 2.32. The Morgan fingerprint density at radius 1 is 1.15 bits per heavy atom. The van der Waals surface area contributed by atoms with Gasteiger partial charge >= 0.3 is 0 Å².